The van der Waals surface area contributed by atoms with Crippen molar-refractivity contribution in [2.75, 3.05) is 26.7 Å². The number of carbonyl (C=O) groups is 1. The lowest BCUT2D eigenvalue weighted by Crippen LogP contribution is -2.62. The quantitative estimate of drug-likeness (QED) is 0.855. The Bertz CT molecular complexity index is 541. The molecule has 2 aliphatic rings. The second-order valence-electron chi connectivity index (χ2n) is 6.66. The number of fused-ring (bicyclic) bond motifs is 1. The normalized spacial score (nSPS) is 26.3. The van der Waals surface area contributed by atoms with Gasteiger partial charge in [0.2, 0.25) is 5.91 Å². The molecule has 0 aromatic heterocycles. The summed E-state index contributed by atoms with van der Waals surface area (Å²) in [6, 6.07) is 8.96. The van der Waals surface area contributed by atoms with Crippen molar-refractivity contribution in [3.63, 3.8) is 0 Å². The molecule has 4 nitrogen and oxygen atoms in total. The van der Waals surface area contributed by atoms with Gasteiger partial charge in [0.15, 0.2) is 0 Å². The number of amides is 1. The first-order valence-electron chi connectivity index (χ1n) is 7.82. The summed E-state index contributed by atoms with van der Waals surface area (Å²) in [6.45, 7) is 7.80. The van der Waals surface area contributed by atoms with Crippen LogP contribution in [0.5, 0.6) is 0 Å². The molecule has 1 fully saturated rings. The van der Waals surface area contributed by atoms with Crippen LogP contribution >= 0.6 is 0 Å². The Hall–Kier alpha value is -1.39. The standard InChI is InChI=1S/C17H25N3O/c1-17(2)16(21)19(3)10-11-20(17)15-8-9-18-12-13-6-4-5-7-14(13)15/h4-7,15,18H,8-12H2,1-3H3. The van der Waals surface area contributed by atoms with Crippen molar-refractivity contribution >= 4 is 5.91 Å². The maximum atomic E-state index is 12.6. The fourth-order valence-corrected chi connectivity index (χ4v) is 3.74. The van der Waals surface area contributed by atoms with Gasteiger partial charge in [0.1, 0.15) is 0 Å². The van der Waals surface area contributed by atoms with E-state index >= 15 is 0 Å². The Morgan fingerprint density at radius 3 is 2.81 bits per heavy atom. The highest BCUT2D eigenvalue weighted by molar-refractivity contribution is 5.86. The Balaban J connectivity index is 1.98. The van der Waals surface area contributed by atoms with Crippen LogP contribution in [0.4, 0.5) is 0 Å². The number of rotatable bonds is 1. The molecule has 1 saturated heterocycles. The molecule has 1 atom stereocenters. The van der Waals surface area contributed by atoms with Crippen LogP contribution in [-0.2, 0) is 11.3 Å². The molecule has 0 spiro atoms. The van der Waals surface area contributed by atoms with Crippen LogP contribution in [0.1, 0.15) is 37.4 Å². The van der Waals surface area contributed by atoms with Gasteiger partial charge in [-0.05, 0) is 37.9 Å². The summed E-state index contributed by atoms with van der Waals surface area (Å²) in [6.07, 6.45) is 1.05. The fourth-order valence-electron chi connectivity index (χ4n) is 3.74. The van der Waals surface area contributed by atoms with Crippen LogP contribution in [0.25, 0.3) is 0 Å². The van der Waals surface area contributed by atoms with Crippen molar-refractivity contribution in [3.8, 4) is 0 Å². The Kier molecular flexibility index (Phi) is 3.76. The highest BCUT2D eigenvalue weighted by atomic mass is 16.2. The first kappa shape index (κ1) is 14.5. The maximum absolute atomic E-state index is 12.6. The fraction of sp³-hybridized carbons (Fsp3) is 0.588. The molecule has 0 aliphatic carbocycles. The van der Waals surface area contributed by atoms with E-state index in [-0.39, 0.29) is 5.91 Å². The van der Waals surface area contributed by atoms with Crippen LogP contribution < -0.4 is 5.32 Å². The van der Waals surface area contributed by atoms with Gasteiger partial charge in [-0.3, -0.25) is 9.69 Å². The van der Waals surface area contributed by atoms with Gasteiger partial charge >= 0.3 is 0 Å². The van der Waals surface area contributed by atoms with Gasteiger partial charge < -0.3 is 10.2 Å². The lowest BCUT2D eigenvalue weighted by molar-refractivity contribution is -0.149. The van der Waals surface area contributed by atoms with E-state index in [9.17, 15) is 4.79 Å². The van der Waals surface area contributed by atoms with Gasteiger partial charge in [0.25, 0.3) is 0 Å². The first-order valence-corrected chi connectivity index (χ1v) is 7.82. The SMILES string of the molecule is CN1CCN(C2CCNCc3ccccc32)C(C)(C)C1=O. The molecule has 1 aromatic carbocycles. The Labute approximate surface area is 127 Å². The molecule has 0 radical (unpaired) electrons. The summed E-state index contributed by atoms with van der Waals surface area (Å²) in [5.41, 5.74) is 2.31. The van der Waals surface area contributed by atoms with Gasteiger partial charge in [-0.1, -0.05) is 24.3 Å². The number of piperazine rings is 1. The van der Waals surface area contributed by atoms with Crippen LogP contribution in [0.2, 0.25) is 0 Å². The van der Waals surface area contributed by atoms with Crippen molar-refractivity contribution in [3.05, 3.63) is 35.4 Å². The van der Waals surface area contributed by atoms with Crippen molar-refractivity contribution in [1.82, 2.24) is 15.1 Å². The van der Waals surface area contributed by atoms with E-state index in [0.29, 0.717) is 6.04 Å². The van der Waals surface area contributed by atoms with Gasteiger partial charge in [0, 0.05) is 32.7 Å². The number of likely N-dealkylation sites (N-methyl/N-ethyl adjacent to an activating group) is 1. The molecule has 1 unspecified atom stereocenters. The molecule has 0 bridgehead atoms. The summed E-state index contributed by atoms with van der Waals surface area (Å²) in [5, 5.41) is 3.50. The second kappa shape index (κ2) is 5.43. The maximum Gasteiger partial charge on any atom is 0.242 e. The summed E-state index contributed by atoms with van der Waals surface area (Å²) >= 11 is 0. The number of nitrogens with zero attached hydrogens (tertiary/aromatic N) is 2. The van der Waals surface area contributed by atoms with Crippen LogP contribution in [0.15, 0.2) is 24.3 Å². The molecular weight excluding hydrogens is 262 g/mol. The van der Waals surface area contributed by atoms with E-state index in [4.69, 9.17) is 0 Å². The molecule has 2 aliphatic heterocycles. The predicted octanol–water partition coefficient (Wildman–Crippen LogP) is 1.77. The molecule has 1 aromatic rings. The van der Waals surface area contributed by atoms with Crippen LogP contribution in [0.3, 0.4) is 0 Å². The number of hydrogen-bond acceptors (Lipinski definition) is 3. The molecular formula is C17H25N3O. The highest BCUT2D eigenvalue weighted by Crippen LogP contribution is 2.36. The first-order chi connectivity index (χ1) is 10.0. The predicted molar refractivity (Wildman–Crippen MR) is 83.9 cm³/mol. The van der Waals surface area contributed by atoms with Gasteiger partial charge in [-0.15, -0.1) is 0 Å². The molecule has 4 heteroatoms. The van der Waals surface area contributed by atoms with Crippen molar-refractivity contribution in [2.24, 2.45) is 0 Å². The minimum atomic E-state index is -0.435. The van der Waals surface area contributed by atoms with Crippen LogP contribution in [0, 0.1) is 0 Å². The number of nitrogens with one attached hydrogen (secondary N) is 1. The zero-order chi connectivity index (χ0) is 15.0. The third kappa shape index (κ3) is 2.47. The van der Waals surface area contributed by atoms with E-state index < -0.39 is 5.54 Å². The third-order valence-electron chi connectivity index (χ3n) is 4.96. The molecule has 21 heavy (non-hydrogen) atoms. The van der Waals surface area contributed by atoms with Gasteiger partial charge in [-0.2, -0.15) is 0 Å². The summed E-state index contributed by atoms with van der Waals surface area (Å²) in [7, 11) is 1.91. The monoisotopic (exact) mass is 287 g/mol. The molecule has 1 N–H and O–H groups in total. The number of benzene rings is 1. The van der Waals surface area contributed by atoms with Crippen molar-refractivity contribution < 1.29 is 4.79 Å². The number of hydrogen-bond donors (Lipinski definition) is 1. The third-order valence-corrected chi connectivity index (χ3v) is 4.96. The van der Waals surface area contributed by atoms with Crippen molar-refractivity contribution in [2.45, 2.75) is 38.4 Å². The molecule has 0 saturated carbocycles. The van der Waals surface area contributed by atoms with E-state index in [1.54, 1.807) is 0 Å². The van der Waals surface area contributed by atoms with Gasteiger partial charge in [0.05, 0.1) is 5.54 Å². The molecule has 2 heterocycles. The Morgan fingerprint density at radius 1 is 1.24 bits per heavy atom. The topological polar surface area (TPSA) is 35.6 Å². The average molecular weight is 287 g/mol. The largest absolute Gasteiger partial charge is 0.343 e. The number of carbonyl (C=O) groups excluding carboxylic acids is 1. The lowest BCUT2D eigenvalue weighted by Gasteiger charge is -2.48. The van der Waals surface area contributed by atoms with E-state index in [0.717, 1.165) is 32.6 Å². The average Bonchev–Trinajstić information content (AvgIpc) is 2.68. The second-order valence-corrected chi connectivity index (χ2v) is 6.66. The minimum absolute atomic E-state index is 0.225. The minimum Gasteiger partial charge on any atom is -0.343 e. The zero-order valence-electron chi connectivity index (χ0n) is 13.2. The summed E-state index contributed by atoms with van der Waals surface area (Å²) < 4.78 is 0. The zero-order valence-corrected chi connectivity index (χ0v) is 13.2. The molecule has 1 amide bonds. The Morgan fingerprint density at radius 2 is 2.00 bits per heavy atom. The highest BCUT2D eigenvalue weighted by Gasteiger charge is 2.44. The van der Waals surface area contributed by atoms with Crippen LogP contribution in [-0.4, -0.2) is 47.9 Å². The molecule has 3 rings (SSSR count). The summed E-state index contributed by atoms with van der Waals surface area (Å²) in [4.78, 5) is 16.8. The van der Waals surface area contributed by atoms with Gasteiger partial charge in [-0.25, -0.2) is 0 Å². The summed E-state index contributed by atoms with van der Waals surface area (Å²) in [5.74, 6) is 0.225. The smallest absolute Gasteiger partial charge is 0.242 e. The lowest BCUT2D eigenvalue weighted by atomic mass is 9.90. The van der Waals surface area contributed by atoms with E-state index in [1.807, 2.05) is 11.9 Å². The van der Waals surface area contributed by atoms with E-state index in [1.165, 1.54) is 11.1 Å². The van der Waals surface area contributed by atoms with E-state index in [2.05, 4.69) is 48.3 Å². The van der Waals surface area contributed by atoms with Crippen molar-refractivity contribution in [1.29, 1.82) is 0 Å². The molecule has 114 valence electrons.